The summed E-state index contributed by atoms with van der Waals surface area (Å²) in [5, 5.41) is 5.61. The highest BCUT2D eigenvalue weighted by atomic mass is 16.2. The third kappa shape index (κ3) is 5.27. The molecule has 7 heteroatoms. The summed E-state index contributed by atoms with van der Waals surface area (Å²) in [4.78, 5) is 30.9. The Bertz CT molecular complexity index is 785. The lowest BCUT2D eigenvalue weighted by Crippen LogP contribution is -2.28. The van der Waals surface area contributed by atoms with Gasteiger partial charge in [0.2, 0.25) is 0 Å². The smallest absolute Gasteiger partial charge is 0.274 e. The molecule has 27 heavy (non-hydrogen) atoms. The van der Waals surface area contributed by atoms with E-state index in [0.29, 0.717) is 23.5 Å². The van der Waals surface area contributed by atoms with Crippen molar-refractivity contribution in [1.82, 2.24) is 15.2 Å². The van der Waals surface area contributed by atoms with Gasteiger partial charge in [-0.2, -0.15) is 0 Å². The highest BCUT2D eigenvalue weighted by Gasteiger charge is 2.13. The normalized spacial score (nSPS) is 14.1. The number of carbonyl (C=O) groups excluding carboxylic acids is 2. The lowest BCUT2D eigenvalue weighted by atomic mass is 10.2. The average Bonchev–Trinajstić information content (AvgIpc) is 3.20. The molecule has 2 aromatic rings. The molecule has 1 aliphatic rings. The number of nitrogens with two attached hydrogens (primary N) is 1. The molecule has 4 N–H and O–H groups in total. The van der Waals surface area contributed by atoms with Crippen molar-refractivity contribution in [2.45, 2.75) is 19.3 Å². The fourth-order valence-corrected chi connectivity index (χ4v) is 3.07. The van der Waals surface area contributed by atoms with Crippen LogP contribution in [0.5, 0.6) is 0 Å². The van der Waals surface area contributed by atoms with Crippen LogP contribution in [0.1, 0.15) is 40.1 Å². The third-order valence-electron chi connectivity index (χ3n) is 4.60. The molecule has 142 valence electrons. The van der Waals surface area contributed by atoms with Gasteiger partial charge in [-0.15, -0.1) is 0 Å². The van der Waals surface area contributed by atoms with Gasteiger partial charge in [-0.1, -0.05) is 12.1 Å². The van der Waals surface area contributed by atoms with Crippen LogP contribution in [0.3, 0.4) is 0 Å². The van der Waals surface area contributed by atoms with Gasteiger partial charge in [0.25, 0.3) is 11.8 Å². The molecule has 0 radical (unpaired) electrons. The van der Waals surface area contributed by atoms with E-state index in [2.05, 4.69) is 20.5 Å². The van der Waals surface area contributed by atoms with Crippen LogP contribution in [-0.2, 0) is 0 Å². The zero-order chi connectivity index (χ0) is 19.1. The number of hydrogen-bond acceptors (Lipinski definition) is 5. The molecule has 1 aromatic heterocycles. The summed E-state index contributed by atoms with van der Waals surface area (Å²) in [5.74, 6) is -0.548. The van der Waals surface area contributed by atoms with Crippen molar-refractivity contribution >= 4 is 23.2 Å². The van der Waals surface area contributed by atoms with Crippen LogP contribution < -0.4 is 16.4 Å². The Balaban J connectivity index is 1.47. The number of hydrogen-bond donors (Lipinski definition) is 3. The quantitative estimate of drug-likeness (QED) is 0.514. The van der Waals surface area contributed by atoms with E-state index >= 15 is 0 Å². The van der Waals surface area contributed by atoms with E-state index in [-0.39, 0.29) is 17.5 Å². The van der Waals surface area contributed by atoms with Gasteiger partial charge in [-0.3, -0.25) is 14.6 Å². The van der Waals surface area contributed by atoms with Crippen molar-refractivity contribution in [3.05, 3.63) is 53.9 Å². The van der Waals surface area contributed by atoms with Gasteiger partial charge in [-0.25, -0.2) is 0 Å². The molecule has 0 bridgehead atoms. The number of rotatable bonds is 7. The Labute approximate surface area is 159 Å². The minimum absolute atomic E-state index is 0.178. The minimum atomic E-state index is -0.370. The number of likely N-dealkylation sites (tertiary alicyclic amines) is 1. The molecule has 7 nitrogen and oxygen atoms in total. The molecule has 2 heterocycles. The summed E-state index contributed by atoms with van der Waals surface area (Å²) in [6.45, 7) is 3.97. The van der Waals surface area contributed by atoms with E-state index in [9.17, 15) is 9.59 Å². The molecule has 0 spiro atoms. The molecule has 1 saturated heterocycles. The lowest BCUT2D eigenvalue weighted by molar-refractivity contribution is 0.0949. The molecular weight excluding hydrogens is 342 g/mol. The van der Waals surface area contributed by atoms with Crippen LogP contribution in [0.2, 0.25) is 0 Å². The number of carbonyl (C=O) groups is 2. The van der Waals surface area contributed by atoms with Crippen LogP contribution in [0.15, 0.2) is 42.6 Å². The van der Waals surface area contributed by atoms with Gasteiger partial charge in [0.05, 0.1) is 16.9 Å². The number of nitrogens with one attached hydrogen (secondary N) is 2. The second kappa shape index (κ2) is 9.14. The largest absolute Gasteiger partial charge is 0.397 e. The summed E-state index contributed by atoms with van der Waals surface area (Å²) in [6, 6.07) is 10.1. The van der Waals surface area contributed by atoms with E-state index in [0.717, 1.165) is 26.1 Å². The molecule has 0 atom stereocenters. The second-order valence-corrected chi connectivity index (χ2v) is 6.63. The van der Waals surface area contributed by atoms with E-state index in [1.165, 1.54) is 25.1 Å². The first-order valence-corrected chi connectivity index (χ1v) is 9.26. The Hall–Kier alpha value is -2.93. The maximum Gasteiger partial charge on any atom is 0.274 e. The summed E-state index contributed by atoms with van der Waals surface area (Å²) in [7, 11) is 0. The van der Waals surface area contributed by atoms with Crippen molar-refractivity contribution in [3.8, 4) is 0 Å². The SMILES string of the molecule is Nc1ccccc1NC(=O)c1ccc(C(=O)NCCCN2CCCC2)cn1. The van der Waals surface area contributed by atoms with E-state index in [1.54, 1.807) is 30.3 Å². The topological polar surface area (TPSA) is 100 Å². The van der Waals surface area contributed by atoms with Crippen LogP contribution in [0, 0.1) is 0 Å². The van der Waals surface area contributed by atoms with Crippen LogP contribution in [0.25, 0.3) is 0 Å². The highest BCUT2D eigenvalue weighted by Crippen LogP contribution is 2.17. The van der Waals surface area contributed by atoms with Gasteiger partial charge in [-0.05, 0) is 63.2 Å². The fraction of sp³-hybridized carbons (Fsp3) is 0.350. The maximum atomic E-state index is 12.2. The van der Waals surface area contributed by atoms with Crippen LogP contribution in [-0.4, -0.2) is 47.9 Å². The minimum Gasteiger partial charge on any atom is -0.397 e. The van der Waals surface area contributed by atoms with E-state index in [1.807, 2.05) is 0 Å². The number of pyridine rings is 1. The molecule has 0 unspecified atom stereocenters. The van der Waals surface area contributed by atoms with Crippen molar-refractivity contribution in [1.29, 1.82) is 0 Å². The predicted octanol–water partition coefficient (Wildman–Crippen LogP) is 2.13. The molecule has 1 aliphatic heterocycles. The summed E-state index contributed by atoms with van der Waals surface area (Å²) >= 11 is 0. The Morgan fingerprint density at radius 2 is 1.85 bits per heavy atom. The highest BCUT2D eigenvalue weighted by molar-refractivity contribution is 6.04. The van der Waals surface area contributed by atoms with Gasteiger partial charge < -0.3 is 21.3 Å². The van der Waals surface area contributed by atoms with Gasteiger partial charge >= 0.3 is 0 Å². The summed E-state index contributed by atoms with van der Waals surface area (Å²) < 4.78 is 0. The monoisotopic (exact) mass is 367 g/mol. The van der Waals surface area contributed by atoms with Crippen molar-refractivity contribution in [2.24, 2.45) is 0 Å². The van der Waals surface area contributed by atoms with E-state index in [4.69, 9.17) is 5.73 Å². The standard InChI is InChI=1S/C20H25N5O2/c21-16-6-1-2-7-17(16)24-20(27)18-9-8-15(14-23-18)19(26)22-10-5-13-25-11-3-4-12-25/h1-2,6-9,14H,3-5,10-13,21H2,(H,22,26)(H,24,27). The molecule has 3 rings (SSSR count). The van der Waals surface area contributed by atoms with Crippen molar-refractivity contribution in [2.75, 3.05) is 37.2 Å². The molecule has 2 amide bonds. The number of anilines is 2. The number of nitrogen functional groups attached to an aromatic ring is 1. The molecular formula is C20H25N5O2. The number of aromatic nitrogens is 1. The molecule has 1 fully saturated rings. The zero-order valence-corrected chi connectivity index (χ0v) is 15.3. The van der Waals surface area contributed by atoms with Gasteiger partial charge in [0.15, 0.2) is 0 Å². The van der Waals surface area contributed by atoms with Crippen LogP contribution in [0.4, 0.5) is 11.4 Å². The van der Waals surface area contributed by atoms with Gasteiger partial charge in [0.1, 0.15) is 5.69 Å². The molecule has 0 saturated carbocycles. The Morgan fingerprint density at radius 3 is 2.56 bits per heavy atom. The van der Waals surface area contributed by atoms with Crippen molar-refractivity contribution < 1.29 is 9.59 Å². The second-order valence-electron chi connectivity index (χ2n) is 6.63. The van der Waals surface area contributed by atoms with Crippen LogP contribution >= 0.6 is 0 Å². The summed E-state index contributed by atoms with van der Waals surface area (Å²) in [5.41, 5.74) is 7.49. The van der Waals surface area contributed by atoms with Gasteiger partial charge in [0, 0.05) is 12.7 Å². The first kappa shape index (κ1) is 18.8. The number of para-hydroxylation sites is 2. The number of nitrogens with zero attached hydrogens (tertiary/aromatic N) is 2. The first-order chi connectivity index (χ1) is 13.1. The Morgan fingerprint density at radius 1 is 1.07 bits per heavy atom. The number of amides is 2. The zero-order valence-electron chi connectivity index (χ0n) is 15.3. The third-order valence-corrected chi connectivity index (χ3v) is 4.60. The molecule has 0 aliphatic carbocycles. The maximum absolute atomic E-state index is 12.2. The van der Waals surface area contributed by atoms with E-state index < -0.39 is 0 Å². The average molecular weight is 367 g/mol. The molecule has 1 aromatic carbocycles. The summed E-state index contributed by atoms with van der Waals surface area (Å²) in [6.07, 6.45) is 4.89. The Kier molecular flexibility index (Phi) is 6.38. The fourth-order valence-electron chi connectivity index (χ4n) is 3.07. The lowest BCUT2D eigenvalue weighted by Gasteiger charge is -2.14. The van der Waals surface area contributed by atoms with Crippen molar-refractivity contribution in [3.63, 3.8) is 0 Å². The number of benzene rings is 1. The first-order valence-electron chi connectivity index (χ1n) is 9.26. The predicted molar refractivity (Wildman–Crippen MR) is 106 cm³/mol.